The largest absolute Gasteiger partial charge is 0.373 e. The van der Waals surface area contributed by atoms with Crippen LogP contribution in [0.5, 0.6) is 0 Å². The van der Waals surface area contributed by atoms with Crippen molar-refractivity contribution in [2.45, 2.75) is 45.6 Å². The molecule has 3 nitrogen and oxygen atoms in total. The minimum absolute atomic E-state index is 0.0584. The first kappa shape index (κ1) is 13.5. The number of para-hydroxylation sites is 1. The second kappa shape index (κ2) is 5.12. The normalized spacial score (nSPS) is 23.5. The summed E-state index contributed by atoms with van der Waals surface area (Å²) in [6.07, 6.45) is 4.33. The van der Waals surface area contributed by atoms with Gasteiger partial charge in [-0.1, -0.05) is 32.0 Å². The highest BCUT2D eigenvalue weighted by molar-refractivity contribution is 5.87. The molecule has 2 aliphatic heterocycles. The second-order valence-corrected chi connectivity index (χ2v) is 6.28. The van der Waals surface area contributed by atoms with E-state index in [0.29, 0.717) is 5.41 Å². The topological polar surface area (TPSA) is 32.3 Å². The van der Waals surface area contributed by atoms with E-state index in [9.17, 15) is 4.79 Å². The number of fused-ring (bicyclic) bond motifs is 1. The van der Waals surface area contributed by atoms with E-state index in [2.05, 4.69) is 36.2 Å². The van der Waals surface area contributed by atoms with Crippen LogP contribution in [0.2, 0.25) is 0 Å². The van der Waals surface area contributed by atoms with Gasteiger partial charge in [-0.3, -0.25) is 4.79 Å². The number of amides is 1. The fourth-order valence-corrected chi connectivity index (χ4v) is 3.62. The third-order valence-electron chi connectivity index (χ3n) is 5.32. The summed E-state index contributed by atoms with van der Waals surface area (Å²) in [6, 6.07) is 8.18. The standard InChI is InChI=1S/C17H24N2O/c1-3-17(4-2)9-10-19(12-17)16(20)15-11-13-7-5-6-8-14(13)18-15/h5-8,15,18H,3-4,9-12H2,1-2H3/t15-/m0/s1. The number of carbonyl (C=O) groups excluding carboxylic acids is 1. The molecule has 1 atom stereocenters. The zero-order chi connectivity index (χ0) is 14.2. The van der Waals surface area contributed by atoms with E-state index < -0.39 is 0 Å². The lowest BCUT2D eigenvalue weighted by Gasteiger charge is -2.27. The summed E-state index contributed by atoms with van der Waals surface area (Å²) in [5, 5.41) is 3.38. The van der Waals surface area contributed by atoms with Gasteiger partial charge in [0.05, 0.1) is 0 Å². The lowest BCUT2D eigenvalue weighted by Crippen LogP contribution is -2.41. The summed E-state index contributed by atoms with van der Waals surface area (Å²) in [5.74, 6) is 0.282. The molecule has 108 valence electrons. The maximum atomic E-state index is 12.7. The lowest BCUT2D eigenvalue weighted by atomic mass is 9.82. The van der Waals surface area contributed by atoms with Crippen LogP contribution in [0.15, 0.2) is 24.3 Å². The molecule has 1 aromatic carbocycles. The molecule has 0 radical (unpaired) electrons. The molecule has 3 heteroatoms. The van der Waals surface area contributed by atoms with Crippen molar-refractivity contribution in [3.05, 3.63) is 29.8 Å². The third kappa shape index (κ3) is 2.19. The number of likely N-dealkylation sites (tertiary alicyclic amines) is 1. The van der Waals surface area contributed by atoms with Gasteiger partial charge in [-0.15, -0.1) is 0 Å². The monoisotopic (exact) mass is 272 g/mol. The van der Waals surface area contributed by atoms with Crippen molar-refractivity contribution in [2.24, 2.45) is 5.41 Å². The smallest absolute Gasteiger partial charge is 0.245 e. The average Bonchev–Trinajstić information content (AvgIpc) is 3.11. The lowest BCUT2D eigenvalue weighted by molar-refractivity contribution is -0.131. The van der Waals surface area contributed by atoms with Gasteiger partial charge in [-0.2, -0.15) is 0 Å². The molecule has 0 bridgehead atoms. The van der Waals surface area contributed by atoms with Crippen LogP contribution in [0.4, 0.5) is 5.69 Å². The fourth-order valence-electron chi connectivity index (χ4n) is 3.62. The first-order valence-corrected chi connectivity index (χ1v) is 7.81. The Kier molecular flexibility index (Phi) is 3.45. The molecule has 1 N–H and O–H groups in total. The minimum atomic E-state index is -0.0584. The molecular weight excluding hydrogens is 248 g/mol. The third-order valence-corrected chi connectivity index (χ3v) is 5.32. The molecular formula is C17H24N2O. The average molecular weight is 272 g/mol. The molecule has 20 heavy (non-hydrogen) atoms. The number of carbonyl (C=O) groups is 1. The van der Waals surface area contributed by atoms with Crippen LogP contribution in [-0.2, 0) is 11.2 Å². The van der Waals surface area contributed by atoms with Gasteiger partial charge < -0.3 is 10.2 Å². The van der Waals surface area contributed by atoms with Gasteiger partial charge >= 0.3 is 0 Å². The Hall–Kier alpha value is -1.51. The molecule has 1 fully saturated rings. The molecule has 2 aliphatic rings. The summed E-state index contributed by atoms with van der Waals surface area (Å²) in [4.78, 5) is 14.8. The van der Waals surface area contributed by atoms with Crippen molar-refractivity contribution < 1.29 is 4.79 Å². The van der Waals surface area contributed by atoms with Gasteiger partial charge in [-0.05, 0) is 36.3 Å². The Balaban J connectivity index is 1.67. The molecule has 1 saturated heterocycles. The Morgan fingerprint density at radius 1 is 1.35 bits per heavy atom. The summed E-state index contributed by atoms with van der Waals surface area (Å²) in [5.41, 5.74) is 2.76. The minimum Gasteiger partial charge on any atom is -0.373 e. The van der Waals surface area contributed by atoms with Gasteiger partial charge in [0, 0.05) is 25.2 Å². The van der Waals surface area contributed by atoms with Gasteiger partial charge in [0.25, 0.3) is 0 Å². The van der Waals surface area contributed by atoms with E-state index in [1.807, 2.05) is 12.1 Å². The van der Waals surface area contributed by atoms with Crippen molar-refractivity contribution in [1.82, 2.24) is 4.90 Å². The molecule has 0 spiro atoms. The van der Waals surface area contributed by atoms with E-state index in [1.165, 1.54) is 18.4 Å². The Morgan fingerprint density at radius 3 is 2.75 bits per heavy atom. The highest BCUT2D eigenvalue weighted by Crippen LogP contribution is 2.38. The van der Waals surface area contributed by atoms with Crippen molar-refractivity contribution >= 4 is 11.6 Å². The van der Waals surface area contributed by atoms with Gasteiger partial charge in [0.15, 0.2) is 0 Å². The van der Waals surface area contributed by atoms with Crippen molar-refractivity contribution in [3.8, 4) is 0 Å². The first-order chi connectivity index (χ1) is 9.67. The Bertz CT molecular complexity index is 482. The van der Waals surface area contributed by atoms with E-state index in [1.54, 1.807) is 0 Å². The Morgan fingerprint density at radius 2 is 2.10 bits per heavy atom. The predicted octanol–water partition coefficient (Wildman–Crippen LogP) is 3.06. The van der Waals surface area contributed by atoms with Crippen LogP contribution >= 0.6 is 0 Å². The molecule has 2 heterocycles. The van der Waals surface area contributed by atoms with E-state index >= 15 is 0 Å². The number of nitrogens with zero attached hydrogens (tertiary/aromatic N) is 1. The summed E-state index contributed by atoms with van der Waals surface area (Å²) < 4.78 is 0. The molecule has 0 aromatic heterocycles. The molecule has 0 saturated carbocycles. The van der Waals surface area contributed by atoms with Crippen molar-refractivity contribution in [3.63, 3.8) is 0 Å². The molecule has 0 aliphatic carbocycles. The highest BCUT2D eigenvalue weighted by atomic mass is 16.2. The van der Waals surface area contributed by atoms with Crippen molar-refractivity contribution in [1.29, 1.82) is 0 Å². The number of hydrogen-bond donors (Lipinski definition) is 1. The SMILES string of the molecule is CCC1(CC)CCN(C(=O)[C@@H]2Cc3ccccc3N2)C1. The second-order valence-electron chi connectivity index (χ2n) is 6.28. The van der Waals surface area contributed by atoms with E-state index in [-0.39, 0.29) is 11.9 Å². The predicted molar refractivity (Wildman–Crippen MR) is 81.8 cm³/mol. The van der Waals surface area contributed by atoms with Crippen LogP contribution in [0.1, 0.15) is 38.7 Å². The summed E-state index contributed by atoms with van der Waals surface area (Å²) in [7, 11) is 0. The zero-order valence-electron chi connectivity index (χ0n) is 12.5. The molecule has 3 rings (SSSR count). The highest BCUT2D eigenvalue weighted by Gasteiger charge is 2.39. The maximum absolute atomic E-state index is 12.7. The van der Waals surface area contributed by atoms with Crippen LogP contribution in [0.3, 0.4) is 0 Å². The zero-order valence-corrected chi connectivity index (χ0v) is 12.5. The van der Waals surface area contributed by atoms with Crippen LogP contribution in [-0.4, -0.2) is 29.9 Å². The maximum Gasteiger partial charge on any atom is 0.245 e. The van der Waals surface area contributed by atoms with Gasteiger partial charge in [0.2, 0.25) is 5.91 Å². The van der Waals surface area contributed by atoms with Crippen LogP contribution < -0.4 is 5.32 Å². The van der Waals surface area contributed by atoms with Gasteiger partial charge in [0.1, 0.15) is 6.04 Å². The molecule has 1 amide bonds. The first-order valence-electron chi connectivity index (χ1n) is 7.81. The number of benzene rings is 1. The number of anilines is 1. The Labute approximate surface area is 121 Å². The number of hydrogen-bond acceptors (Lipinski definition) is 2. The van der Waals surface area contributed by atoms with Crippen molar-refractivity contribution in [2.75, 3.05) is 18.4 Å². The van der Waals surface area contributed by atoms with Gasteiger partial charge in [-0.25, -0.2) is 0 Å². The van der Waals surface area contributed by atoms with E-state index in [0.717, 1.165) is 31.6 Å². The number of nitrogens with one attached hydrogen (secondary N) is 1. The number of rotatable bonds is 3. The summed E-state index contributed by atoms with van der Waals surface area (Å²) >= 11 is 0. The fraction of sp³-hybridized carbons (Fsp3) is 0.588. The van der Waals surface area contributed by atoms with E-state index in [4.69, 9.17) is 0 Å². The summed E-state index contributed by atoms with van der Waals surface area (Å²) in [6.45, 7) is 6.37. The van der Waals surface area contributed by atoms with Crippen LogP contribution in [0, 0.1) is 5.41 Å². The van der Waals surface area contributed by atoms with Crippen LogP contribution in [0.25, 0.3) is 0 Å². The quantitative estimate of drug-likeness (QED) is 0.917. The molecule has 1 aromatic rings. The molecule has 0 unspecified atom stereocenters.